The van der Waals surface area contributed by atoms with Crippen molar-refractivity contribution in [2.45, 2.75) is 5.60 Å². The maximum Gasteiger partial charge on any atom is 0.188 e. The number of aliphatic hydroxyl groups is 1. The van der Waals surface area contributed by atoms with Crippen molar-refractivity contribution in [1.29, 1.82) is 0 Å². The van der Waals surface area contributed by atoms with Crippen LogP contribution in [0.2, 0.25) is 0 Å². The summed E-state index contributed by atoms with van der Waals surface area (Å²) < 4.78 is 6.04. The molecule has 0 spiro atoms. The van der Waals surface area contributed by atoms with Gasteiger partial charge in [-0.15, -0.1) is 0 Å². The van der Waals surface area contributed by atoms with Crippen molar-refractivity contribution in [3.63, 3.8) is 0 Å². The molecule has 0 amide bonds. The average Bonchev–Trinajstić information content (AvgIpc) is 2.43. The molecule has 72 valence electrons. The van der Waals surface area contributed by atoms with E-state index in [0.717, 1.165) is 14.4 Å². The van der Waals surface area contributed by atoms with Crippen LogP contribution in [0.1, 0.15) is 4.88 Å². The van der Waals surface area contributed by atoms with E-state index in [-0.39, 0.29) is 0 Å². The summed E-state index contributed by atoms with van der Waals surface area (Å²) in [6, 6.07) is 1.92. The molecule has 2 rings (SSSR count). The second-order valence-electron chi connectivity index (χ2n) is 3.09. The highest BCUT2D eigenvalue weighted by Gasteiger charge is 2.38. The molecule has 0 aliphatic carbocycles. The second kappa shape index (κ2) is 3.24. The van der Waals surface area contributed by atoms with Crippen LogP contribution in [0, 0.1) is 0 Å². The van der Waals surface area contributed by atoms with Crippen LogP contribution in [0.4, 0.5) is 0 Å². The molecule has 1 aliphatic rings. The first-order valence-electron chi connectivity index (χ1n) is 3.92. The van der Waals surface area contributed by atoms with Crippen LogP contribution < -0.4 is 10.1 Å². The molecule has 0 bridgehead atoms. The van der Waals surface area contributed by atoms with Gasteiger partial charge in [0.1, 0.15) is 5.60 Å². The Morgan fingerprint density at radius 3 is 2.77 bits per heavy atom. The number of thiophene rings is 1. The van der Waals surface area contributed by atoms with Gasteiger partial charge in [0.05, 0.1) is 11.6 Å². The van der Waals surface area contributed by atoms with Crippen LogP contribution in [0.5, 0.6) is 5.06 Å². The summed E-state index contributed by atoms with van der Waals surface area (Å²) in [6.07, 6.45) is 0. The fraction of sp³-hybridized carbons (Fsp3) is 0.500. The summed E-state index contributed by atoms with van der Waals surface area (Å²) in [5.74, 6) is 0. The van der Waals surface area contributed by atoms with E-state index >= 15 is 0 Å². The van der Waals surface area contributed by atoms with Gasteiger partial charge in [0, 0.05) is 18.0 Å². The zero-order chi connectivity index (χ0) is 9.47. The number of nitrogens with one attached hydrogen (secondary N) is 1. The van der Waals surface area contributed by atoms with Crippen LogP contribution in [0.3, 0.4) is 0 Å². The lowest BCUT2D eigenvalue weighted by Gasteiger charge is -2.36. The number of rotatable bonds is 2. The first kappa shape index (κ1) is 9.45. The lowest BCUT2D eigenvalue weighted by atomic mass is 9.96. The molecular weight excluding hydrogens is 254 g/mol. The van der Waals surface area contributed by atoms with Gasteiger partial charge in [-0.3, -0.25) is 0 Å². The normalized spacial score (nSPS) is 19.6. The van der Waals surface area contributed by atoms with Crippen LogP contribution in [-0.4, -0.2) is 25.3 Å². The number of ether oxygens (including phenoxy) is 1. The van der Waals surface area contributed by atoms with Crippen LogP contribution >= 0.6 is 27.3 Å². The molecule has 2 heterocycles. The molecule has 0 unspecified atom stereocenters. The maximum absolute atomic E-state index is 9.99. The quantitative estimate of drug-likeness (QED) is 0.846. The van der Waals surface area contributed by atoms with Crippen molar-refractivity contribution in [2.24, 2.45) is 0 Å². The third kappa shape index (κ3) is 1.50. The Morgan fingerprint density at radius 1 is 1.69 bits per heavy atom. The minimum Gasteiger partial charge on any atom is -0.486 e. The molecule has 2 N–H and O–H groups in total. The lowest BCUT2D eigenvalue weighted by molar-refractivity contribution is -0.0112. The van der Waals surface area contributed by atoms with E-state index in [0.29, 0.717) is 13.1 Å². The molecule has 1 aromatic heterocycles. The third-order valence-corrected chi connectivity index (χ3v) is 4.28. The monoisotopic (exact) mass is 263 g/mol. The van der Waals surface area contributed by atoms with Gasteiger partial charge in [0.25, 0.3) is 0 Å². The highest BCUT2D eigenvalue weighted by Crippen LogP contribution is 2.40. The van der Waals surface area contributed by atoms with Crippen molar-refractivity contribution < 1.29 is 9.84 Å². The molecule has 5 heteroatoms. The third-order valence-electron chi connectivity index (χ3n) is 2.13. The van der Waals surface area contributed by atoms with E-state index in [1.165, 1.54) is 11.3 Å². The topological polar surface area (TPSA) is 41.5 Å². The fourth-order valence-electron chi connectivity index (χ4n) is 1.26. The van der Waals surface area contributed by atoms with Crippen molar-refractivity contribution in [3.8, 4) is 5.06 Å². The number of methoxy groups -OCH3 is 1. The van der Waals surface area contributed by atoms with E-state index in [1.54, 1.807) is 7.11 Å². The van der Waals surface area contributed by atoms with Gasteiger partial charge >= 0.3 is 0 Å². The number of hydrogen-bond donors (Lipinski definition) is 2. The molecule has 1 aromatic rings. The van der Waals surface area contributed by atoms with E-state index in [9.17, 15) is 5.11 Å². The number of halogens is 1. The van der Waals surface area contributed by atoms with E-state index in [2.05, 4.69) is 21.2 Å². The van der Waals surface area contributed by atoms with E-state index in [1.807, 2.05) is 6.07 Å². The van der Waals surface area contributed by atoms with Crippen molar-refractivity contribution in [2.75, 3.05) is 20.2 Å². The van der Waals surface area contributed by atoms with E-state index in [4.69, 9.17) is 4.74 Å². The lowest BCUT2D eigenvalue weighted by Crippen LogP contribution is -2.56. The van der Waals surface area contributed by atoms with Crippen LogP contribution in [0.15, 0.2) is 10.5 Å². The molecule has 0 aromatic carbocycles. The Hall–Kier alpha value is -0.100. The van der Waals surface area contributed by atoms with Crippen LogP contribution in [-0.2, 0) is 5.60 Å². The Labute approximate surface area is 88.9 Å². The zero-order valence-electron chi connectivity index (χ0n) is 7.13. The van der Waals surface area contributed by atoms with Gasteiger partial charge in [-0.25, -0.2) is 0 Å². The zero-order valence-corrected chi connectivity index (χ0v) is 9.54. The Bertz CT molecular complexity index is 322. The van der Waals surface area contributed by atoms with Gasteiger partial charge in [0.2, 0.25) is 0 Å². The highest BCUT2D eigenvalue weighted by molar-refractivity contribution is 9.10. The molecule has 0 radical (unpaired) electrons. The van der Waals surface area contributed by atoms with Gasteiger partial charge < -0.3 is 15.2 Å². The minimum atomic E-state index is -0.677. The summed E-state index contributed by atoms with van der Waals surface area (Å²) in [5, 5.41) is 13.8. The average molecular weight is 264 g/mol. The summed E-state index contributed by atoms with van der Waals surface area (Å²) in [7, 11) is 1.63. The summed E-state index contributed by atoms with van der Waals surface area (Å²) in [5.41, 5.74) is -0.677. The molecular formula is C8H10BrNO2S. The first-order chi connectivity index (χ1) is 6.15. The van der Waals surface area contributed by atoms with Crippen molar-refractivity contribution in [1.82, 2.24) is 5.32 Å². The molecule has 0 saturated carbocycles. The Kier molecular flexibility index (Phi) is 2.35. The van der Waals surface area contributed by atoms with Crippen LogP contribution in [0.25, 0.3) is 0 Å². The smallest absolute Gasteiger partial charge is 0.188 e. The standard InChI is InChI=1S/C8H10BrNO2S/c1-12-7-5(9)2-6(13-7)8(11)3-10-4-8/h2,10-11H,3-4H2,1H3. The summed E-state index contributed by atoms with van der Waals surface area (Å²) in [4.78, 5) is 0.954. The van der Waals surface area contributed by atoms with Crippen molar-refractivity contribution >= 4 is 27.3 Å². The molecule has 0 atom stereocenters. The van der Waals surface area contributed by atoms with Gasteiger partial charge in [0.15, 0.2) is 5.06 Å². The number of hydrogen-bond acceptors (Lipinski definition) is 4. The predicted molar refractivity (Wildman–Crippen MR) is 55.3 cm³/mol. The van der Waals surface area contributed by atoms with Gasteiger partial charge in [-0.05, 0) is 22.0 Å². The molecule has 13 heavy (non-hydrogen) atoms. The molecule has 1 fully saturated rings. The molecule has 1 saturated heterocycles. The maximum atomic E-state index is 9.99. The largest absolute Gasteiger partial charge is 0.486 e. The number of β-amino-alcohol motifs (C(OH)–C–C–N with tert-alkyl or cyclic N) is 1. The first-order valence-corrected chi connectivity index (χ1v) is 5.53. The van der Waals surface area contributed by atoms with Crippen molar-refractivity contribution in [3.05, 3.63) is 15.4 Å². The molecule has 1 aliphatic heterocycles. The Morgan fingerprint density at radius 2 is 2.38 bits per heavy atom. The minimum absolute atomic E-state index is 0.628. The Balaban J connectivity index is 2.30. The van der Waals surface area contributed by atoms with Gasteiger partial charge in [-0.2, -0.15) is 0 Å². The van der Waals surface area contributed by atoms with Gasteiger partial charge in [-0.1, -0.05) is 11.3 Å². The van der Waals surface area contributed by atoms with E-state index < -0.39 is 5.60 Å². The second-order valence-corrected chi connectivity index (χ2v) is 4.95. The fourth-order valence-corrected chi connectivity index (χ4v) is 2.99. The summed E-state index contributed by atoms with van der Waals surface area (Å²) in [6.45, 7) is 1.26. The predicted octanol–water partition coefficient (Wildman–Crippen LogP) is 1.31. The SMILES string of the molecule is COc1sc(C2(O)CNC2)cc1Br. The summed E-state index contributed by atoms with van der Waals surface area (Å²) >= 11 is 4.86. The molecule has 3 nitrogen and oxygen atoms in total. The highest BCUT2D eigenvalue weighted by atomic mass is 79.9.